The lowest BCUT2D eigenvalue weighted by Crippen LogP contribution is -2.41. The maximum Gasteiger partial charge on any atom is 0.0829 e. The zero-order chi connectivity index (χ0) is 15.8. The molecule has 1 aliphatic rings. The predicted octanol–water partition coefficient (Wildman–Crippen LogP) is 5.22. The van der Waals surface area contributed by atoms with Crippen LogP contribution in [0.2, 0.25) is 11.6 Å². The summed E-state index contributed by atoms with van der Waals surface area (Å²) in [6.07, 6.45) is 1.23. The normalized spacial score (nSPS) is 25.5. The Balaban J connectivity index is 2.57. The van der Waals surface area contributed by atoms with Crippen LogP contribution >= 0.6 is 0 Å². The molecular weight excluding hydrogens is 268 g/mol. The number of allylic oxidation sites excluding steroid dienone is 4. The Kier molecular flexibility index (Phi) is 4.62. The third kappa shape index (κ3) is 2.46. The van der Waals surface area contributed by atoms with E-state index in [0.29, 0.717) is 11.0 Å². The molecule has 1 aromatic rings. The van der Waals surface area contributed by atoms with E-state index in [1.807, 2.05) is 0 Å². The van der Waals surface area contributed by atoms with Gasteiger partial charge in [-0.2, -0.15) is 0 Å². The fourth-order valence-corrected chi connectivity index (χ4v) is 7.48. The lowest BCUT2D eigenvalue weighted by Gasteiger charge is -2.39. The highest BCUT2D eigenvalue weighted by Gasteiger charge is 2.45. The van der Waals surface area contributed by atoms with Gasteiger partial charge < -0.3 is 0 Å². The quantitative estimate of drug-likeness (QED) is 0.668. The second kappa shape index (κ2) is 5.96. The molecule has 0 saturated heterocycles. The summed E-state index contributed by atoms with van der Waals surface area (Å²) >= 11 is 0. The van der Waals surface area contributed by atoms with Crippen LogP contribution in [0.5, 0.6) is 0 Å². The van der Waals surface area contributed by atoms with Crippen LogP contribution in [0.3, 0.4) is 0 Å². The van der Waals surface area contributed by atoms with Crippen molar-refractivity contribution in [3.63, 3.8) is 0 Å². The van der Waals surface area contributed by atoms with Gasteiger partial charge in [-0.3, -0.25) is 0 Å². The second-order valence-corrected chi connectivity index (χ2v) is 10.2. The highest BCUT2D eigenvalue weighted by molar-refractivity contribution is 6.76. The lowest BCUT2D eigenvalue weighted by molar-refractivity contribution is 0.589. The van der Waals surface area contributed by atoms with Crippen LogP contribution in [0.4, 0.5) is 0 Å². The lowest BCUT2D eigenvalue weighted by atomic mass is 9.85. The van der Waals surface area contributed by atoms with Crippen molar-refractivity contribution in [1.29, 1.82) is 0 Å². The van der Waals surface area contributed by atoms with Gasteiger partial charge in [0.25, 0.3) is 0 Å². The minimum atomic E-state index is -1.11. The molecule has 1 aliphatic carbocycles. The zero-order valence-corrected chi connectivity index (χ0v) is 15.9. The number of benzene rings is 1. The second-order valence-electron chi connectivity index (χ2n) is 6.93. The molecule has 0 bridgehead atoms. The molecule has 0 N–H and O–H groups in total. The molecule has 0 saturated carbocycles. The smallest absolute Gasteiger partial charge is 0.0671 e. The molecule has 3 atom stereocenters. The molecule has 21 heavy (non-hydrogen) atoms. The van der Waals surface area contributed by atoms with Crippen LogP contribution in [0.15, 0.2) is 52.6 Å². The molecule has 0 aliphatic heterocycles. The van der Waals surface area contributed by atoms with Gasteiger partial charge in [0, 0.05) is 5.04 Å². The van der Waals surface area contributed by atoms with Crippen LogP contribution < -0.4 is 5.19 Å². The van der Waals surface area contributed by atoms with E-state index in [1.165, 1.54) is 6.42 Å². The molecule has 0 heterocycles. The van der Waals surface area contributed by atoms with E-state index in [2.05, 4.69) is 78.4 Å². The molecule has 0 aromatic heterocycles. The molecule has 2 rings (SSSR count). The summed E-state index contributed by atoms with van der Waals surface area (Å²) in [6, 6.07) is 11.2. The molecular formula is C20H30Si. The van der Waals surface area contributed by atoms with Crippen LogP contribution in [0.1, 0.15) is 48.0 Å². The first-order valence-corrected chi connectivity index (χ1v) is 10.6. The summed E-state index contributed by atoms with van der Waals surface area (Å²) in [5, 5.41) is 1.88. The zero-order valence-electron chi connectivity index (χ0n) is 14.7. The first kappa shape index (κ1) is 16.3. The Labute approximate surface area is 132 Å². The highest BCUT2D eigenvalue weighted by Crippen LogP contribution is 2.57. The van der Waals surface area contributed by atoms with Crippen molar-refractivity contribution >= 4 is 14.0 Å². The van der Waals surface area contributed by atoms with Gasteiger partial charge in [-0.1, -0.05) is 74.0 Å². The van der Waals surface area contributed by atoms with Crippen LogP contribution in [0.25, 0.3) is 0 Å². The van der Waals surface area contributed by atoms with E-state index < -0.39 is 8.80 Å². The molecule has 3 unspecified atom stereocenters. The molecule has 0 radical (unpaired) electrons. The fourth-order valence-electron chi connectivity index (χ4n) is 4.18. The molecule has 0 fully saturated rings. The van der Waals surface area contributed by atoms with Crippen molar-refractivity contribution in [1.82, 2.24) is 0 Å². The van der Waals surface area contributed by atoms with Gasteiger partial charge in [0.05, 0.1) is 8.80 Å². The van der Waals surface area contributed by atoms with E-state index in [1.54, 1.807) is 27.5 Å². The Bertz CT molecular complexity index is 579. The van der Waals surface area contributed by atoms with Crippen molar-refractivity contribution < 1.29 is 0 Å². The van der Waals surface area contributed by atoms with E-state index in [4.69, 9.17) is 0 Å². The average Bonchev–Trinajstić information content (AvgIpc) is 2.68. The molecule has 1 aromatic carbocycles. The Hall–Kier alpha value is -1.08. The summed E-state index contributed by atoms with van der Waals surface area (Å²) < 4.78 is 0. The van der Waals surface area contributed by atoms with Gasteiger partial charge in [0.2, 0.25) is 0 Å². The van der Waals surface area contributed by atoms with Crippen molar-refractivity contribution in [3.05, 3.63) is 52.6 Å². The summed E-state index contributed by atoms with van der Waals surface area (Å²) in [5.74, 6) is 0.682. The summed E-state index contributed by atoms with van der Waals surface area (Å²) in [7, 11) is -1.11. The largest absolute Gasteiger partial charge is 0.0829 e. The fraction of sp³-hybridized carbons (Fsp3) is 0.500. The van der Waals surface area contributed by atoms with Crippen molar-refractivity contribution in [2.45, 2.75) is 59.5 Å². The van der Waals surface area contributed by atoms with Crippen molar-refractivity contribution in [2.24, 2.45) is 5.92 Å². The molecule has 0 amide bonds. The first-order valence-electron chi connectivity index (χ1n) is 8.30. The first-order chi connectivity index (χ1) is 9.85. The topological polar surface area (TPSA) is 0 Å². The molecule has 1 heteroatoms. The van der Waals surface area contributed by atoms with Crippen LogP contribution in [0, 0.1) is 5.92 Å². The number of hydrogen-bond acceptors (Lipinski definition) is 0. The van der Waals surface area contributed by atoms with Crippen LogP contribution in [-0.4, -0.2) is 8.80 Å². The monoisotopic (exact) mass is 298 g/mol. The third-order valence-corrected chi connectivity index (χ3v) is 10.00. The highest BCUT2D eigenvalue weighted by atomic mass is 28.3. The maximum atomic E-state index is 2.53. The Morgan fingerprint density at radius 2 is 1.62 bits per heavy atom. The van der Waals surface area contributed by atoms with E-state index >= 15 is 0 Å². The van der Waals surface area contributed by atoms with Crippen molar-refractivity contribution in [2.75, 3.05) is 0 Å². The minimum absolute atomic E-state index is 0.297. The molecule has 0 nitrogen and oxygen atoms in total. The minimum Gasteiger partial charge on any atom is -0.0671 e. The van der Waals surface area contributed by atoms with Gasteiger partial charge in [-0.05, 0) is 44.3 Å². The van der Waals surface area contributed by atoms with E-state index in [9.17, 15) is 0 Å². The molecule has 114 valence electrons. The maximum absolute atomic E-state index is 2.53. The van der Waals surface area contributed by atoms with Gasteiger partial charge in [0.1, 0.15) is 0 Å². The molecule has 0 spiro atoms. The van der Waals surface area contributed by atoms with Gasteiger partial charge in [0.15, 0.2) is 0 Å². The SMILES string of the molecule is CCC(C)C1=C(C)C(C)=C(C)C1(C)[SiH](C)c1ccccc1. The van der Waals surface area contributed by atoms with Gasteiger partial charge in [-0.15, -0.1) is 0 Å². The van der Waals surface area contributed by atoms with Gasteiger partial charge >= 0.3 is 0 Å². The Morgan fingerprint density at radius 1 is 1.05 bits per heavy atom. The Morgan fingerprint density at radius 3 is 2.14 bits per heavy atom. The van der Waals surface area contributed by atoms with Gasteiger partial charge in [-0.25, -0.2) is 0 Å². The summed E-state index contributed by atoms with van der Waals surface area (Å²) in [5.41, 5.74) is 6.46. The standard InChI is InChI=1S/C20H30Si/c1-8-14(2)19-16(4)15(3)17(5)20(19,6)21(7)18-12-10-9-11-13-18/h9-14,21H,8H2,1-7H3. The van der Waals surface area contributed by atoms with Crippen molar-refractivity contribution in [3.8, 4) is 0 Å². The number of hydrogen-bond donors (Lipinski definition) is 0. The predicted molar refractivity (Wildman–Crippen MR) is 98.0 cm³/mol. The summed E-state index contributed by atoms with van der Waals surface area (Å²) in [6.45, 7) is 16.8. The third-order valence-electron chi connectivity index (χ3n) is 6.14. The summed E-state index contributed by atoms with van der Waals surface area (Å²) in [4.78, 5) is 0. The van der Waals surface area contributed by atoms with E-state index in [-0.39, 0.29) is 0 Å². The van der Waals surface area contributed by atoms with E-state index in [0.717, 1.165) is 0 Å². The van der Waals surface area contributed by atoms with Crippen LogP contribution in [-0.2, 0) is 0 Å². The average molecular weight is 299 g/mol. The number of rotatable bonds is 4.